The zero-order valence-corrected chi connectivity index (χ0v) is 12.9. The molecule has 0 bridgehead atoms. The quantitative estimate of drug-likeness (QED) is 0.906. The van der Waals surface area contributed by atoms with E-state index in [4.69, 9.17) is 9.47 Å². The summed E-state index contributed by atoms with van der Waals surface area (Å²) in [4.78, 5) is 13.0. The van der Waals surface area contributed by atoms with Crippen LogP contribution in [0.4, 0.5) is 4.79 Å². The molecule has 1 aromatic carbocycles. The van der Waals surface area contributed by atoms with Crippen LogP contribution in [0.15, 0.2) is 12.1 Å². The molecular weight excluding hydrogens is 270 g/mol. The molecule has 1 aromatic rings. The third-order valence-electron chi connectivity index (χ3n) is 4.08. The highest BCUT2D eigenvalue weighted by Crippen LogP contribution is 2.38. The van der Waals surface area contributed by atoms with Crippen LogP contribution < -0.4 is 9.47 Å². The van der Waals surface area contributed by atoms with Crippen LogP contribution in [0.2, 0.25) is 0 Å². The molecule has 0 aliphatic heterocycles. The van der Waals surface area contributed by atoms with Crippen molar-refractivity contribution in [2.45, 2.75) is 38.6 Å². The van der Waals surface area contributed by atoms with Gasteiger partial charge in [-0.1, -0.05) is 13.0 Å². The maximum atomic E-state index is 11.4. The Morgan fingerprint density at radius 3 is 2.71 bits per heavy atom. The fourth-order valence-corrected chi connectivity index (χ4v) is 3.11. The lowest BCUT2D eigenvalue weighted by molar-refractivity contribution is 0.119. The third-order valence-corrected chi connectivity index (χ3v) is 4.08. The second kappa shape index (κ2) is 6.70. The van der Waals surface area contributed by atoms with Gasteiger partial charge in [-0.3, -0.25) is 0 Å². The molecule has 2 rings (SSSR count). The Kier molecular flexibility index (Phi) is 4.94. The molecule has 1 unspecified atom stereocenters. The number of carbonyl (C=O) groups is 1. The van der Waals surface area contributed by atoms with Gasteiger partial charge in [0.25, 0.3) is 0 Å². The first-order valence-electron chi connectivity index (χ1n) is 7.34. The molecule has 1 amide bonds. The predicted molar refractivity (Wildman–Crippen MR) is 80.4 cm³/mol. The molecule has 21 heavy (non-hydrogen) atoms. The van der Waals surface area contributed by atoms with Crippen molar-refractivity contribution < 1.29 is 19.4 Å². The molecule has 0 aromatic heterocycles. The summed E-state index contributed by atoms with van der Waals surface area (Å²) in [7, 11) is 3.27. The van der Waals surface area contributed by atoms with Gasteiger partial charge in [-0.2, -0.15) is 0 Å². The smallest absolute Gasteiger partial charge is 0.407 e. The number of hydrogen-bond acceptors (Lipinski definition) is 3. The molecule has 0 saturated heterocycles. The van der Waals surface area contributed by atoms with E-state index in [0.29, 0.717) is 6.54 Å². The summed E-state index contributed by atoms with van der Waals surface area (Å²) in [6, 6.07) is 3.97. The van der Waals surface area contributed by atoms with Crippen molar-refractivity contribution in [3.63, 3.8) is 0 Å². The van der Waals surface area contributed by atoms with E-state index in [9.17, 15) is 9.90 Å². The van der Waals surface area contributed by atoms with Crippen molar-refractivity contribution in [2.24, 2.45) is 0 Å². The van der Waals surface area contributed by atoms with Crippen molar-refractivity contribution in [2.75, 3.05) is 20.8 Å². The first-order chi connectivity index (χ1) is 10.1. The summed E-state index contributed by atoms with van der Waals surface area (Å²) >= 11 is 0. The van der Waals surface area contributed by atoms with Gasteiger partial charge in [-0.05, 0) is 37.3 Å². The Labute approximate surface area is 125 Å². The molecule has 5 heteroatoms. The topological polar surface area (TPSA) is 59.0 Å². The Morgan fingerprint density at radius 1 is 1.38 bits per heavy atom. The van der Waals surface area contributed by atoms with Crippen molar-refractivity contribution in [3.05, 3.63) is 23.3 Å². The van der Waals surface area contributed by atoms with E-state index in [1.807, 2.05) is 19.1 Å². The summed E-state index contributed by atoms with van der Waals surface area (Å²) < 4.78 is 10.8. The van der Waals surface area contributed by atoms with Crippen molar-refractivity contribution in [1.82, 2.24) is 4.90 Å². The number of amides is 1. The monoisotopic (exact) mass is 293 g/mol. The Hall–Kier alpha value is -1.91. The van der Waals surface area contributed by atoms with Crippen LogP contribution in [0.5, 0.6) is 11.5 Å². The molecule has 0 fully saturated rings. The van der Waals surface area contributed by atoms with Gasteiger partial charge < -0.3 is 19.5 Å². The zero-order valence-electron chi connectivity index (χ0n) is 12.9. The second-order valence-electron chi connectivity index (χ2n) is 5.31. The summed E-state index contributed by atoms with van der Waals surface area (Å²) in [5.74, 6) is 1.52. The van der Waals surface area contributed by atoms with Gasteiger partial charge in [0.05, 0.1) is 14.2 Å². The summed E-state index contributed by atoms with van der Waals surface area (Å²) in [6.45, 7) is 2.59. The molecule has 0 radical (unpaired) electrons. The van der Waals surface area contributed by atoms with E-state index in [1.165, 1.54) is 0 Å². The zero-order chi connectivity index (χ0) is 15.4. The number of methoxy groups -OCH3 is 2. The van der Waals surface area contributed by atoms with Crippen LogP contribution in [-0.4, -0.2) is 42.9 Å². The molecule has 0 spiro atoms. The molecule has 1 aliphatic rings. The average molecular weight is 293 g/mol. The van der Waals surface area contributed by atoms with Gasteiger partial charge >= 0.3 is 6.09 Å². The SMILES string of the molecule is CCCN(C(=O)O)C1CCc2c(ccc(OC)c2OC)C1. The molecule has 5 nitrogen and oxygen atoms in total. The highest BCUT2D eigenvalue weighted by molar-refractivity contribution is 5.65. The standard InChI is InChI=1S/C16H23NO4/c1-4-9-17(16(18)19)12-6-7-13-11(10-12)5-8-14(20-2)15(13)21-3/h5,8,12H,4,6-7,9-10H2,1-3H3,(H,18,19). The largest absolute Gasteiger partial charge is 0.493 e. The number of hydrogen-bond donors (Lipinski definition) is 1. The maximum Gasteiger partial charge on any atom is 0.407 e. The average Bonchev–Trinajstić information content (AvgIpc) is 2.50. The molecule has 0 saturated carbocycles. The van der Waals surface area contributed by atoms with Crippen molar-refractivity contribution in [3.8, 4) is 11.5 Å². The van der Waals surface area contributed by atoms with Gasteiger partial charge in [-0.25, -0.2) is 4.79 Å². The van der Waals surface area contributed by atoms with E-state index in [2.05, 4.69) is 0 Å². The predicted octanol–water partition coefficient (Wildman–Crippen LogP) is 2.95. The third kappa shape index (κ3) is 3.06. The summed E-state index contributed by atoms with van der Waals surface area (Å²) in [6.07, 6.45) is 2.38. The van der Waals surface area contributed by atoms with Gasteiger partial charge in [-0.15, -0.1) is 0 Å². The number of rotatable bonds is 5. The Morgan fingerprint density at radius 2 is 2.14 bits per heavy atom. The first kappa shape index (κ1) is 15.5. The highest BCUT2D eigenvalue weighted by Gasteiger charge is 2.29. The molecule has 1 N–H and O–H groups in total. The molecule has 1 atom stereocenters. The maximum absolute atomic E-state index is 11.4. The molecule has 116 valence electrons. The van der Waals surface area contributed by atoms with Gasteiger partial charge in [0.15, 0.2) is 11.5 Å². The number of fused-ring (bicyclic) bond motifs is 1. The Bertz CT molecular complexity index is 515. The van der Waals surface area contributed by atoms with Crippen LogP contribution in [0.25, 0.3) is 0 Å². The van der Waals surface area contributed by atoms with E-state index in [0.717, 1.165) is 48.3 Å². The van der Waals surface area contributed by atoms with Crippen molar-refractivity contribution in [1.29, 1.82) is 0 Å². The Balaban J connectivity index is 2.26. The molecular formula is C16H23NO4. The van der Waals surface area contributed by atoms with Gasteiger partial charge in [0.1, 0.15) is 0 Å². The van der Waals surface area contributed by atoms with Gasteiger partial charge in [0, 0.05) is 18.2 Å². The van der Waals surface area contributed by atoms with Crippen molar-refractivity contribution >= 4 is 6.09 Å². The van der Waals surface area contributed by atoms with Crippen LogP contribution >= 0.6 is 0 Å². The summed E-state index contributed by atoms with van der Waals surface area (Å²) in [5.41, 5.74) is 2.31. The van der Waals surface area contributed by atoms with E-state index >= 15 is 0 Å². The van der Waals surface area contributed by atoms with Gasteiger partial charge in [0.2, 0.25) is 0 Å². The highest BCUT2D eigenvalue weighted by atomic mass is 16.5. The lowest BCUT2D eigenvalue weighted by Gasteiger charge is -2.34. The first-order valence-corrected chi connectivity index (χ1v) is 7.34. The lowest BCUT2D eigenvalue weighted by Crippen LogP contribution is -2.43. The number of carboxylic acid groups (broad SMARTS) is 1. The summed E-state index contributed by atoms with van der Waals surface area (Å²) in [5, 5.41) is 9.37. The lowest BCUT2D eigenvalue weighted by atomic mass is 9.86. The number of ether oxygens (including phenoxy) is 2. The van der Waals surface area contributed by atoms with Crippen LogP contribution in [-0.2, 0) is 12.8 Å². The van der Waals surface area contributed by atoms with E-state index in [-0.39, 0.29) is 6.04 Å². The molecule has 0 heterocycles. The van der Waals surface area contributed by atoms with E-state index < -0.39 is 6.09 Å². The van der Waals surface area contributed by atoms with E-state index in [1.54, 1.807) is 19.1 Å². The minimum atomic E-state index is -0.828. The van der Waals surface area contributed by atoms with Crippen LogP contribution in [0.3, 0.4) is 0 Å². The minimum Gasteiger partial charge on any atom is -0.493 e. The second-order valence-corrected chi connectivity index (χ2v) is 5.31. The fraction of sp³-hybridized carbons (Fsp3) is 0.562. The minimum absolute atomic E-state index is 0.0491. The molecule has 1 aliphatic carbocycles. The van der Waals surface area contributed by atoms with Crippen LogP contribution in [0, 0.1) is 0 Å². The number of benzene rings is 1. The normalized spacial score (nSPS) is 17.0. The fourth-order valence-electron chi connectivity index (χ4n) is 3.11. The van der Waals surface area contributed by atoms with Crippen LogP contribution in [0.1, 0.15) is 30.9 Å². The number of nitrogens with zero attached hydrogens (tertiary/aromatic N) is 1.